The van der Waals surface area contributed by atoms with Gasteiger partial charge in [0.1, 0.15) is 0 Å². The maximum Gasteiger partial charge on any atom is 0.471 e. The van der Waals surface area contributed by atoms with E-state index in [1.54, 1.807) is 30.3 Å². The molecule has 1 aromatic rings. The van der Waals surface area contributed by atoms with Crippen LogP contribution < -0.4 is 5.32 Å². The van der Waals surface area contributed by atoms with Crippen LogP contribution in [0.2, 0.25) is 0 Å². The van der Waals surface area contributed by atoms with E-state index >= 15 is 0 Å². The number of nitrogens with one attached hydrogen (secondary N) is 1. The van der Waals surface area contributed by atoms with E-state index in [0.717, 1.165) is 6.42 Å². The lowest BCUT2D eigenvalue weighted by molar-refractivity contribution is -0.185. The quantitative estimate of drug-likeness (QED) is 0.813. The van der Waals surface area contributed by atoms with E-state index < -0.39 is 12.1 Å². The Hall–Kier alpha value is -2.31. The van der Waals surface area contributed by atoms with Crippen LogP contribution in [0, 0.1) is 0 Å². The van der Waals surface area contributed by atoms with Crippen molar-refractivity contribution in [2.75, 3.05) is 11.9 Å². The fourth-order valence-electron chi connectivity index (χ4n) is 1.88. The van der Waals surface area contributed by atoms with Crippen LogP contribution in [0.25, 0.3) is 0 Å². The van der Waals surface area contributed by atoms with Crippen molar-refractivity contribution in [1.82, 2.24) is 4.90 Å². The van der Waals surface area contributed by atoms with Crippen LogP contribution in [-0.4, -0.2) is 29.4 Å². The summed E-state index contributed by atoms with van der Waals surface area (Å²) in [5.74, 6) is -2.19. The molecule has 0 aliphatic carbocycles. The van der Waals surface area contributed by atoms with Crippen molar-refractivity contribution < 1.29 is 22.8 Å². The van der Waals surface area contributed by atoms with Crippen LogP contribution in [0.15, 0.2) is 36.4 Å². The Labute approximate surface area is 133 Å². The number of hydrogen-bond donors (Lipinski definition) is 1. The average Bonchev–Trinajstić information content (AvgIpc) is 2.49. The maximum atomic E-state index is 12.5. The van der Waals surface area contributed by atoms with Gasteiger partial charge in [0, 0.05) is 18.8 Å². The number of anilines is 1. The first-order valence-electron chi connectivity index (χ1n) is 7.20. The summed E-state index contributed by atoms with van der Waals surface area (Å²) in [7, 11) is 0. The summed E-state index contributed by atoms with van der Waals surface area (Å²) in [4.78, 5) is 23.6. The second-order valence-electron chi connectivity index (χ2n) is 4.82. The van der Waals surface area contributed by atoms with Crippen LogP contribution in [0.4, 0.5) is 18.9 Å². The minimum atomic E-state index is -4.90. The van der Waals surface area contributed by atoms with Gasteiger partial charge in [-0.05, 0) is 37.1 Å². The molecule has 1 N–H and O–H groups in total. The number of benzene rings is 1. The molecule has 0 spiro atoms. The molecular formula is C16H19F3N2O2. The van der Waals surface area contributed by atoms with Gasteiger partial charge in [0.05, 0.1) is 0 Å². The summed E-state index contributed by atoms with van der Waals surface area (Å²) in [6.07, 6.45) is -1.09. The number of carbonyl (C=O) groups excluding carboxylic acids is 2. The Bertz CT molecular complexity index is 583. The molecule has 0 saturated heterocycles. The van der Waals surface area contributed by atoms with Gasteiger partial charge >= 0.3 is 12.1 Å². The molecule has 4 nitrogen and oxygen atoms in total. The largest absolute Gasteiger partial charge is 0.471 e. The van der Waals surface area contributed by atoms with Crippen molar-refractivity contribution in [2.45, 2.75) is 33.0 Å². The summed E-state index contributed by atoms with van der Waals surface area (Å²) in [6.45, 7) is 3.13. The highest BCUT2D eigenvalue weighted by atomic mass is 19.4. The van der Waals surface area contributed by atoms with E-state index in [4.69, 9.17) is 0 Å². The molecule has 0 fully saturated rings. The molecule has 7 heteroatoms. The standard InChI is InChI=1S/C16H19F3N2O2/c1-3-5-9-14(22)20-13-8-6-7-12(10-13)11-21(4-2)15(23)16(17,18)19/h5-10H,3-4,11H2,1-2H3,(H,20,22). The maximum absolute atomic E-state index is 12.5. The lowest BCUT2D eigenvalue weighted by atomic mass is 10.2. The van der Waals surface area contributed by atoms with Crippen molar-refractivity contribution in [3.63, 3.8) is 0 Å². The Kier molecular flexibility index (Phi) is 6.81. The van der Waals surface area contributed by atoms with E-state index in [1.165, 1.54) is 13.0 Å². The molecule has 0 unspecified atom stereocenters. The monoisotopic (exact) mass is 328 g/mol. The number of hydrogen-bond acceptors (Lipinski definition) is 2. The number of amides is 2. The van der Waals surface area contributed by atoms with Gasteiger partial charge in [-0.1, -0.05) is 25.1 Å². The molecule has 126 valence electrons. The van der Waals surface area contributed by atoms with Crippen molar-refractivity contribution in [3.8, 4) is 0 Å². The van der Waals surface area contributed by atoms with E-state index in [9.17, 15) is 22.8 Å². The van der Waals surface area contributed by atoms with Gasteiger partial charge < -0.3 is 10.2 Å². The third kappa shape index (κ3) is 6.14. The van der Waals surface area contributed by atoms with Crippen molar-refractivity contribution >= 4 is 17.5 Å². The highest BCUT2D eigenvalue weighted by molar-refractivity contribution is 5.99. The van der Waals surface area contributed by atoms with Crippen LogP contribution in [0.3, 0.4) is 0 Å². The minimum absolute atomic E-state index is 0.0613. The molecule has 0 aliphatic heterocycles. The summed E-state index contributed by atoms with van der Waals surface area (Å²) >= 11 is 0. The van der Waals surface area contributed by atoms with E-state index in [2.05, 4.69) is 5.32 Å². The first-order chi connectivity index (χ1) is 10.8. The molecule has 0 aliphatic rings. The third-order valence-electron chi connectivity index (χ3n) is 2.98. The Morgan fingerprint density at radius 1 is 1.26 bits per heavy atom. The lowest BCUT2D eigenvalue weighted by Gasteiger charge is -2.22. The lowest BCUT2D eigenvalue weighted by Crippen LogP contribution is -2.40. The Morgan fingerprint density at radius 2 is 1.96 bits per heavy atom. The van der Waals surface area contributed by atoms with Gasteiger partial charge in [-0.25, -0.2) is 0 Å². The number of rotatable bonds is 6. The van der Waals surface area contributed by atoms with Gasteiger partial charge in [0.2, 0.25) is 5.91 Å². The van der Waals surface area contributed by atoms with Crippen molar-refractivity contribution in [3.05, 3.63) is 42.0 Å². The van der Waals surface area contributed by atoms with Gasteiger partial charge in [0.25, 0.3) is 0 Å². The second-order valence-corrected chi connectivity index (χ2v) is 4.82. The van der Waals surface area contributed by atoms with E-state index in [1.807, 2.05) is 6.92 Å². The Balaban J connectivity index is 2.81. The fourth-order valence-corrected chi connectivity index (χ4v) is 1.88. The third-order valence-corrected chi connectivity index (χ3v) is 2.98. The summed E-state index contributed by atoms with van der Waals surface area (Å²) in [5, 5.41) is 2.62. The highest BCUT2D eigenvalue weighted by Gasteiger charge is 2.41. The number of nitrogens with zero attached hydrogens (tertiary/aromatic N) is 1. The Morgan fingerprint density at radius 3 is 2.52 bits per heavy atom. The number of carbonyl (C=O) groups is 2. The summed E-state index contributed by atoms with van der Waals surface area (Å²) < 4.78 is 37.5. The molecule has 0 heterocycles. The predicted octanol–water partition coefficient (Wildman–Crippen LogP) is 3.50. The molecule has 0 saturated carbocycles. The molecule has 1 aromatic carbocycles. The number of alkyl halides is 3. The first kappa shape index (κ1) is 18.7. The molecule has 23 heavy (non-hydrogen) atoms. The highest BCUT2D eigenvalue weighted by Crippen LogP contribution is 2.20. The topological polar surface area (TPSA) is 49.4 Å². The van der Waals surface area contributed by atoms with Gasteiger partial charge in [0.15, 0.2) is 0 Å². The molecule has 0 radical (unpaired) electrons. The zero-order chi connectivity index (χ0) is 17.5. The van der Waals surface area contributed by atoms with Crippen LogP contribution in [0.1, 0.15) is 25.8 Å². The smallest absolute Gasteiger partial charge is 0.331 e. The zero-order valence-corrected chi connectivity index (χ0v) is 13.0. The number of halogens is 3. The molecule has 0 aromatic heterocycles. The average molecular weight is 328 g/mol. The van der Waals surface area contributed by atoms with Crippen molar-refractivity contribution in [1.29, 1.82) is 0 Å². The first-order valence-corrected chi connectivity index (χ1v) is 7.20. The normalized spacial score (nSPS) is 11.5. The second kappa shape index (κ2) is 8.36. The van der Waals surface area contributed by atoms with Gasteiger partial charge in [-0.15, -0.1) is 0 Å². The fraction of sp³-hybridized carbons (Fsp3) is 0.375. The minimum Gasteiger partial charge on any atom is -0.331 e. The molecule has 1 rings (SSSR count). The summed E-state index contributed by atoms with van der Waals surface area (Å²) in [5.41, 5.74) is 0.963. The van der Waals surface area contributed by atoms with Gasteiger partial charge in [-0.3, -0.25) is 9.59 Å². The molecule has 2 amide bonds. The van der Waals surface area contributed by atoms with Crippen molar-refractivity contribution in [2.24, 2.45) is 0 Å². The van der Waals surface area contributed by atoms with Crippen LogP contribution >= 0.6 is 0 Å². The molecule has 0 bridgehead atoms. The van der Waals surface area contributed by atoms with Crippen LogP contribution in [0.5, 0.6) is 0 Å². The molecular weight excluding hydrogens is 309 g/mol. The summed E-state index contributed by atoms with van der Waals surface area (Å²) in [6, 6.07) is 6.39. The van der Waals surface area contributed by atoms with Gasteiger partial charge in [-0.2, -0.15) is 13.2 Å². The van der Waals surface area contributed by atoms with Crippen LogP contribution in [-0.2, 0) is 16.1 Å². The predicted molar refractivity (Wildman–Crippen MR) is 81.6 cm³/mol. The number of allylic oxidation sites excluding steroid dienone is 1. The van der Waals surface area contributed by atoms with E-state index in [0.29, 0.717) is 16.2 Å². The SMILES string of the molecule is CCC=CC(=O)Nc1cccc(CN(CC)C(=O)C(F)(F)F)c1. The molecule has 0 atom stereocenters. The van der Waals surface area contributed by atoms with E-state index in [-0.39, 0.29) is 19.0 Å². The zero-order valence-electron chi connectivity index (χ0n) is 13.0.